The lowest BCUT2D eigenvalue weighted by Crippen LogP contribution is -2.52. The number of rotatable bonds is 4. The molecular weight excluding hydrogens is 414 g/mol. The number of nitrogens with one attached hydrogen (secondary N) is 1. The van der Waals surface area contributed by atoms with E-state index in [1.807, 2.05) is 0 Å². The predicted octanol–water partition coefficient (Wildman–Crippen LogP) is 3.56. The Kier molecular flexibility index (Phi) is 5.56. The molecule has 0 aliphatic carbocycles. The number of hydrogen-bond acceptors (Lipinski definition) is 4. The van der Waals surface area contributed by atoms with Gasteiger partial charge >= 0.3 is 6.18 Å². The molecule has 27 heavy (non-hydrogen) atoms. The largest absolute Gasteiger partial charge is 0.426 e. The summed E-state index contributed by atoms with van der Waals surface area (Å²) in [4.78, 5) is 11.1. The van der Waals surface area contributed by atoms with Gasteiger partial charge in [-0.05, 0) is 49.4 Å². The van der Waals surface area contributed by atoms with Crippen molar-refractivity contribution in [2.45, 2.75) is 28.5 Å². The van der Waals surface area contributed by atoms with Crippen molar-refractivity contribution in [3.05, 3.63) is 53.3 Å². The highest BCUT2D eigenvalue weighted by Crippen LogP contribution is 2.33. The van der Waals surface area contributed by atoms with Crippen LogP contribution >= 0.6 is 11.6 Å². The monoisotopic (exact) mass is 425 g/mol. The molecule has 0 heterocycles. The van der Waals surface area contributed by atoms with E-state index in [2.05, 4.69) is 0 Å². The van der Waals surface area contributed by atoms with E-state index in [1.165, 1.54) is 0 Å². The highest BCUT2D eigenvalue weighted by atomic mass is 35.5. The molecule has 2 aromatic rings. The number of benzene rings is 2. The van der Waals surface area contributed by atoms with Crippen LogP contribution in [0.1, 0.15) is 6.92 Å². The van der Waals surface area contributed by atoms with Crippen molar-refractivity contribution in [1.29, 1.82) is 0 Å². The Hall–Kier alpha value is -2.17. The summed E-state index contributed by atoms with van der Waals surface area (Å²) >= 11 is 5.85. The van der Waals surface area contributed by atoms with Gasteiger partial charge < -0.3 is 10.4 Å². The minimum absolute atomic E-state index is 0.225. The maximum atomic E-state index is 12.9. The zero-order valence-electron chi connectivity index (χ0n) is 13.5. The van der Waals surface area contributed by atoms with Gasteiger partial charge in [-0.25, -0.2) is 12.8 Å². The number of amides is 1. The molecule has 2 rings (SSSR count). The first-order chi connectivity index (χ1) is 12.3. The van der Waals surface area contributed by atoms with Gasteiger partial charge in [-0.2, -0.15) is 13.2 Å². The number of aliphatic hydroxyl groups is 1. The van der Waals surface area contributed by atoms with Crippen LogP contribution in [0.15, 0.2) is 52.3 Å². The molecule has 0 aromatic heterocycles. The van der Waals surface area contributed by atoms with Crippen molar-refractivity contribution in [2.75, 3.05) is 5.32 Å². The van der Waals surface area contributed by atoms with Gasteiger partial charge in [0.1, 0.15) is 5.82 Å². The van der Waals surface area contributed by atoms with E-state index in [-0.39, 0.29) is 27.4 Å². The van der Waals surface area contributed by atoms with Crippen molar-refractivity contribution in [3.63, 3.8) is 0 Å². The fourth-order valence-electron chi connectivity index (χ4n) is 1.89. The number of anilines is 1. The van der Waals surface area contributed by atoms with E-state index in [0.29, 0.717) is 0 Å². The van der Waals surface area contributed by atoms with Crippen molar-refractivity contribution in [3.8, 4) is 0 Å². The molecule has 2 aromatic carbocycles. The maximum absolute atomic E-state index is 12.9. The Morgan fingerprint density at radius 1 is 1.07 bits per heavy atom. The topological polar surface area (TPSA) is 83.5 Å². The van der Waals surface area contributed by atoms with Crippen LogP contribution in [0, 0.1) is 5.82 Å². The number of sulfone groups is 1. The molecule has 0 radical (unpaired) electrons. The van der Waals surface area contributed by atoms with Crippen LogP contribution in [0.2, 0.25) is 5.02 Å². The van der Waals surface area contributed by atoms with E-state index in [0.717, 1.165) is 42.5 Å². The molecule has 0 spiro atoms. The Balaban J connectivity index is 2.33. The third-order valence-corrected chi connectivity index (χ3v) is 5.70. The highest BCUT2D eigenvalue weighted by molar-refractivity contribution is 7.91. The second-order valence-corrected chi connectivity index (χ2v) is 7.98. The van der Waals surface area contributed by atoms with Crippen molar-refractivity contribution >= 4 is 33.0 Å². The fraction of sp³-hybridized carbons (Fsp3) is 0.188. The van der Waals surface area contributed by atoms with E-state index in [1.54, 1.807) is 5.32 Å². The Labute approximate surface area is 156 Å². The predicted molar refractivity (Wildman–Crippen MR) is 88.6 cm³/mol. The highest BCUT2D eigenvalue weighted by Gasteiger charge is 2.55. The molecule has 0 fully saturated rings. The number of hydrogen-bond donors (Lipinski definition) is 2. The Morgan fingerprint density at radius 2 is 1.59 bits per heavy atom. The average molecular weight is 426 g/mol. The van der Waals surface area contributed by atoms with Gasteiger partial charge in [0.2, 0.25) is 15.4 Å². The molecule has 11 heteroatoms. The van der Waals surface area contributed by atoms with E-state index in [4.69, 9.17) is 11.6 Å². The first-order valence-electron chi connectivity index (χ1n) is 7.17. The minimum Gasteiger partial charge on any atom is -0.373 e. The van der Waals surface area contributed by atoms with Gasteiger partial charge in [-0.3, -0.25) is 4.79 Å². The standard InChI is InChI=1S/C16H12ClF4NO4S/c1-15(24,16(19,20)21)14(23)22-13-7-6-11(8-12(13)17)27(25,26)10-4-2-9(18)3-5-10/h2-8,24H,1H3,(H,22,23). The first-order valence-corrected chi connectivity index (χ1v) is 9.03. The molecule has 1 amide bonds. The zero-order chi connectivity index (χ0) is 20.6. The van der Waals surface area contributed by atoms with Crippen LogP contribution in [-0.4, -0.2) is 31.2 Å². The minimum atomic E-state index is -5.23. The number of carbonyl (C=O) groups is 1. The summed E-state index contributed by atoms with van der Waals surface area (Å²) in [6.45, 7) is 0.267. The van der Waals surface area contributed by atoms with Crippen molar-refractivity contribution < 1.29 is 35.9 Å². The lowest BCUT2D eigenvalue weighted by molar-refractivity contribution is -0.242. The van der Waals surface area contributed by atoms with Gasteiger partial charge in [-0.15, -0.1) is 0 Å². The summed E-state index contributed by atoms with van der Waals surface area (Å²) in [6.07, 6.45) is -5.23. The normalized spacial score (nSPS) is 14.5. The summed E-state index contributed by atoms with van der Waals surface area (Å²) < 4.78 is 75.9. The quantitative estimate of drug-likeness (QED) is 0.579. The summed E-state index contributed by atoms with van der Waals surface area (Å²) in [6, 6.07) is 6.86. The molecule has 0 saturated heterocycles. The third kappa shape index (κ3) is 4.23. The summed E-state index contributed by atoms with van der Waals surface area (Å²) in [5.41, 5.74) is -4.00. The van der Waals surface area contributed by atoms with Gasteiger partial charge in [0.05, 0.1) is 20.5 Å². The van der Waals surface area contributed by atoms with Crippen molar-refractivity contribution in [2.24, 2.45) is 0 Å². The fourth-order valence-corrected chi connectivity index (χ4v) is 3.47. The average Bonchev–Trinajstić information content (AvgIpc) is 2.55. The van der Waals surface area contributed by atoms with Crippen LogP contribution in [0.4, 0.5) is 23.2 Å². The summed E-state index contributed by atoms with van der Waals surface area (Å²) in [7, 11) is -4.07. The molecule has 5 nitrogen and oxygen atoms in total. The van der Waals surface area contributed by atoms with Crippen LogP contribution in [0.5, 0.6) is 0 Å². The first kappa shape index (κ1) is 21.1. The SMILES string of the molecule is CC(O)(C(=O)Nc1ccc(S(=O)(=O)c2ccc(F)cc2)cc1Cl)C(F)(F)F. The van der Waals surface area contributed by atoms with Crippen LogP contribution in [0.25, 0.3) is 0 Å². The molecule has 1 unspecified atom stereocenters. The molecule has 0 aliphatic rings. The van der Waals surface area contributed by atoms with E-state index in [9.17, 15) is 35.9 Å². The third-order valence-electron chi connectivity index (χ3n) is 3.62. The second kappa shape index (κ2) is 7.10. The Bertz CT molecular complexity index is 973. The zero-order valence-corrected chi connectivity index (χ0v) is 15.1. The molecule has 0 saturated carbocycles. The van der Waals surface area contributed by atoms with Crippen LogP contribution in [-0.2, 0) is 14.6 Å². The summed E-state index contributed by atoms with van der Waals surface area (Å²) in [5.74, 6) is -2.42. The molecule has 2 N–H and O–H groups in total. The van der Waals surface area contributed by atoms with Gasteiger partial charge in [-0.1, -0.05) is 11.6 Å². The van der Waals surface area contributed by atoms with Crippen molar-refractivity contribution in [1.82, 2.24) is 0 Å². The molecule has 0 aliphatic heterocycles. The van der Waals surface area contributed by atoms with Gasteiger partial charge in [0.15, 0.2) is 0 Å². The number of carbonyl (C=O) groups excluding carboxylic acids is 1. The summed E-state index contributed by atoms with van der Waals surface area (Å²) in [5, 5.41) is 10.7. The molecule has 0 bridgehead atoms. The smallest absolute Gasteiger partial charge is 0.373 e. The number of alkyl halides is 3. The van der Waals surface area contributed by atoms with E-state index >= 15 is 0 Å². The van der Waals surface area contributed by atoms with Crippen LogP contribution < -0.4 is 5.32 Å². The lowest BCUT2D eigenvalue weighted by Gasteiger charge is -2.25. The molecule has 146 valence electrons. The maximum Gasteiger partial charge on any atom is 0.426 e. The molecular formula is C16H12ClF4NO4S. The Morgan fingerprint density at radius 3 is 2.07 bits per heavy atom. The van der Waals surface area contributed by atoms with Gasteiger partial charge in [0.25, 0.3) is 5.91 Å². The second-order valence-electron chi connectivity index (χ2n) is 5.62. The van der Waals surface area contributed by atoms with E-state index < -0.39 is 33.3 Å². The van der Waals surface area contributed by atoms with Crippen LogP contribution in [0.3, 0.4) is 0 Å². The lowest BCUT2D eigenvalue weighted by atomic mass is 10.1. The van der Waals surface area contributed by atoms with Gasteiger partial charge in [0, 0.05) is 0 Å². The number of halogens is 5. The molecule has 1 atom stereocenters.